The van der Waals surface area contributed by atoms with Crippen molar-refractivity contribution in [2.75, 3.05) is 18.4 Å². The number of carbonyl (C=O) groups is 2. The van der Waals surface area contributed by atoms with E-state index in [1.54, 1.807) is 16.5 Å². The molecule has 1 aliphatic heterocycles. The van der Waals surface area contributed by atoms with Crippen LogP contribution >= 0.6 is 11.3 Å². The van der Waals surface area contributed by atoms with Crippen LogP contribution in [0.3, 0.4) is 0 Å². The highest BCUT2D eigenvalue weighted by atomic mass is 32.1. The third-order valence-corrected chi connectivity index (χ3v) is 4.52. The van der Waals surface area contributed by atoms with Crippen LogP contribution in [0.5, 0.6) is 0 Å². The molecule has 7 heteroatoms. The largest absolute Gasteiger partial charge is 0.481 e. The number of aliphatic carboxylic acids is 1. The molecule has 2 rings (SSSR count). The zero-order valence-electron chi connectivity index (χ0n) is 11.5. The predicted molar refractivity (Wildman–Crippen MR) is 76.9 cm³/mol. The first-order valence-electron chi connectivity index (χ1n) is 6.76. The van der Waals surface area contributed by atoms with E-state index in [9.17, 15) is 14.7 Å². The van der Waals surface area contributed by atoms with Gasteiger partial charge in [0.2, 0.25) is 0 Å². The first-order chi connectivity index (χ1) is 9.57. The molecule has 0 aliphatic carbocycles. The summed E-state index contributed by atoms with van der Waals surface area (Å²) in [6.45, 7) is 2.94. The molecule has 0 radical (unpaired) electrons. The highest BCUT2D eigenvalue weighted by Gasteiger charge is 2.41. The van der Waals surface area contributed by atoms with Gasteiger partial charge >= 0.3 is 12.0 Å². The number of anilines is 1. The maximum Gasteiger partial charge on any atom is 0.323 e. The van der Waals surface area contributed by atoms with Crippen molar-refractivity contribution in [2.24, 2.45) is 5.41 Å². The van der Waals surface area contributed by atoms with Gasteiger partial charge in [0.05, 0.1) is 5.41 Å². The number of carboxylic acids is 1. The number of rotatable bonds is 4. The van der Waals surface area contributed by atoms with E-state index >= 15 is 0 Å². The lowest BCUT2D eigenvalue weighted by atomic mass is 9.75. The number of thiazole rings is 1. The summed E-state index contributed by atoms with van der Waals surface area (Å²) < 4.78 is 0. The van der Waals surface area contributed by atoms with Crippen molar-refractivity contribution in [3.8, 4) is 0 Å². The van der Waals surface area contributed by atoms with Gasteiger partial charge in [-0.25, -0.2) is 9.78 Å². The van der Waals surface area contributed by atoms with Gasteiger partial charge in [-0.05, 0) is 19.3 Å². The van der Waals surface area contributed by atoms with E-state index in [0.717, 1.165) is 6.42 Å². The Morgan fingerprint density at radius 3 is 2.70 bits per heavy atom. The summed E-state index contributed by atoms with van der Waals surface area (Å²) in [6.07, 6.45) is 4.18. The normalized spacial score (nSPS) is 17.8. The Labute approximate surface area is 121 Å². The Morgan fingerprint density at radius 2 is 2.20 bits per heavy atom. The number of piperidine rings is 1. The molecular weight excluding hydrogens is 278 g/mol. The van der Waals surface area contributed by atoms with Crippen molar-refractivity contribution < 1.29 is 14.7 Å². The van der Waals surface area contributed by atoms with E-state index in [1.165, 1.54) is 11.3 Å². The Morgan fingerprint density at radius 1 is 1.50 bits per heavy atom. The van der Waals surface area contributed by atoms with Gasteiger partial charge in [-0.2, -0.15) is 0 Å². The topological polar surface area (TPSA) is 82.5 Å². The van der Waals surface area contributed by atoms with Crippen molar-refractivity contribution in [3.63, 3.8) is 0 Å². The molecule has 0 saturated carbocycles. The van der Waals surface area contributed by atoms with Crippen LogP contribution in [-0.4, -0.2) is 40.1 Å². The number of carbonyl (C=O) groups excluding carboxylic acids is 1. The quantitative estimate of drug-likeness (QED) is 0.895. The number of hydrogen-bond donors (Lipinski definition) is 2. The fourth-order valence-corrected chi connectivity index (χ4v) is 3.16. The number of nitrogens with zero attached hydrogens (tertiary/aromatic N) is 2. The zero-order chi connectivity index (χ0) is 14.6. The van der Waals surface area contributed by atoms with Crippen LogP contribution < -0.4 is 5.32 Å². The maximum absolute atomic E-state index is 12.0. The van der Waals surface area contributed by atoms with Crippen LogP contribution in [0.25, 0.3) is 0 Å². The van der Waals surface area contributed by atoms with Gasteiger partial charge in [0.1, 0.15) is 0 Å². The van der Waals surface area contributed by atoms with Crippen molar-refractivity contribution in [3.05, 3.63) is 11.6 Å². The zero-order valence-corrected chi connectivity index (χ0v) is 12.3. The fourth-order valence-electron chi connectivity index (χ4n) is 2.64. The van der Waals surface area contributed by atoms with Gasteiger partial charge in [-0.15, -0.1) is 11.3 Å². The van der Waals surface area contributed by atoms with Gasteiger partial charge in [-0.1, -0.05) is 13.3 Å². The Balaban J connectivity index is 1.93. The number of amides is 2. The third kappa shape index (κ3) is 3.09. The lowest BCUT2D eigenvalue weighted by molar-refractivity contribution is -0.152. The molecule has 1 aliphatic rings. The molecule has 1 aromatic rings. The molecule has 6 nitrogen and oxygen atoms in total. The van der Waals surface area contributed by atoms with E-state index in [2.05, 4.69) is 10.3 Å². The molecule has 0 bridgehead atoms. The monoisotopic (exact) mass is 297 g/mol. The van der Waals surface area contributed by atoms with E-state index in [-0.39, 0.29) is 6.03 Å². The summed E-state index contributed by atoms with van der Waals surface area (Å²) in [5.74, 6) is -0.737. The summed E-state index contributed by atoms with van der Waals surface area (Å²) in [5.41, 5.74) is -0.660. The first kappa shape index (κ1) is 14.8. The molecular formula is C13H19N3O3S. The van der Waals surface area contributed by atoms with Crippen LogP contribution in [0.1, 0.15) is 32.6 Å². The van der Waals surface area contributed by atoms with E-state index in [0.29, 0.717) is 37.5 Å². The molecule has 2 amide bonds. The number of urea groups is 1. The number of hydrogen-bond acceptors (Lipinski definition) is 4. The summed E-state index contributed by atoms with van der Waals surface area (Å²) in [7, 11) is 0. The molecule has 110 valence electrons. The molecule has 0 atom stereocenters. The van der Waals surface area contributed by atoms with Crippen molar-refractivity contribution >= 4 is 28.5 Å². The average Bonchev–Trinajstić information content (AvgIpc) is 2.92. The van der Waals surface area contributed by atoms with Gasteiger partial charge in [0, 0.05) is 24.7 Å². The second-order valence-electron chi connectivity index (χ2n) is 5.09. The van der Waals surface area contributed by atoms with E-state index < -0.39 is 11.4 Å². The SMILES string of the molecule is CCCC1(C(=O)O)CCN(C(=O)Nc2nccs2)CC1. The lowest BCUT2D eigenvalue weighted by Crippen LogP contribution is -2.47. The molecule has 1 aromatic heterocycles. The van der Waals surface area contributed by atoms with Crippen LogP contribution in [-0.2, 0) is 4.79 Å². The average molecular weight is 297 g/mol. The fraction of sp³-hybridized carbons (Fsp3) is 0.615. The molecule has 0 aromatic carbocycles. The number of carboxylic acid groups (broad SMARTS) is 1. The van der Waals surface area contributed by atoms with Gasteiger partial charge in [0.25, 0.3) is 0 Å². The van der Waals surface area contributed by atoms with Crippen LogP contribution in [0.2, 0.25) is 0 Å². The second kappa shape index (κ2) is 6.21. The minimum Gasteiger partial charge on any atom is -0.481 e. The van der Waals surface area contributed by atoms with Crippen molar-refractivity contribution in [1.29, 1.82) is 0 Å². The van der Waals surface area contributed by atoms with Crippen molar-refractivity contribution in [2.45, 2.75) is 32.6 Å². The smallest absolute Gasteiger partial charge is 0.323 e. The molecule has 1 fully saturated rings. The Hall–Kier alpha value is -1.63. The standard InChI is InChI=1S/C13H19N3O3S/c1-2-3-13(10(17)18)4-7-16(8-5-13)12(19)15-11-14-6-9-20-11/h6,9H,2-5,7-8H2,1H3,(H,17,18)(H,14,15,19). The van der Waals surface area contributed by atoms with Gasteiger partial charge in [0.15, 0.2) is 5.13 Å². The minimum atomic E-state index is -0.737. The summed E-state index contributed by atoms with van der Waals surface area (Å²) in [6, 6.07) is -0.199. The molecule has 20 heavy (non-hydrogen) atoms. The Bertz CT molecular complexity index is 467. The van der Waals surface area contributed by atoms with Crippen molar-refractivity contribution in [1.82, 2.24) is 9.88 Å². The number of likely N-dealkylation sites (tertiary alicyclic amines) is 1. The third-order valence-electron chi connectivity index (χ3n) is 3.84. The minimum absolute atomic E-state index is 0.199. The summed E-state index contributed by atoms with van der Waals surface area (Å²) >= 11 is 1.36. The van der Waals surface area contributed by atoms with Crippen LogP contribution in [0.4, 0.5) is 9.93 Å². The first-order valence-corrected chi connectivity index (χ1v) is 7.64. The predicted octanol–water partition coefficient (Wildman–Crippen LogP) is 2.64. The number of aromatic nitrogens is 1. The molecule has 0 unspecified atom stereocenters. The molecule has 0 spiro atoms. The molecule has 2 heterocycles. The van der Waals surface area contributed by atoms with E-state index in [4.69, 9.17) is 0 Å². The highest BCUT2D eigenvalue weighted by molar-refractivity contribution is 7.13. The summed E-state index contributed by atoms with van der Waals surface area (Å²) in [5, 5.41) is 14.5. The van der Waals surface area contributed by atoms with Gasteiger partial charge < -0.3 is 10.0 Å². The number of nitrogens with one attached hydrogen (secondary N) is 1. The lowest BCUT2D eigenvalue weighted by Gasteiger charge is -2.38. The molecule has 2 N–H and O–H groups in total. The Kier molecular flexibility index (Phi) is 4.59. The molecule has 1 saturated heterocycles. The van der Waals surface area contributed by atoms with Crippen LogP contribution in [0, 0.1) is 5.41 Å². The second-order valence-corrected chi connectivity index (χ2v) is 5.98. The van der Waals surface area contributed by atoms with Crippen LogP contribution in [0.15, 0.2) is 11.6 Å². The highest BCUT2D eigenvalue weighted by Crippen LogP contribution is 2.36. The maximum atomic E-state index is 12.0. The summed E-state index contributed by atoms with van der Waals surface area (Å²) in [4.78, 5) is 29.2. The van der Waals surface area contributed by atoms with Gasteiger partial charge in [-0.3, -0.25) is 10.1 Å². The van der Waals surface area contributed by atoms with E-state index in [1.807, 2.05) is 6.92 Å².